The van der Waals surface area contributed by atoms with Gasteiger partial charge in [0.2, 0.25) is 5.91 Å². The molecule has 5 rings (SSSR count). The van der Waals surface area contributed by atoms with Gasteiger partial charge in [-0.15, -0.1) is 23.7 Å². The van der Waals surface area contributed by atoms with Gasteiger partial charge in [0.05, 0.1) is 11.7 Å². The summed E-state index contributed by atoms with van der Waals surface area (Å²) in [4.78, 5) is 50.7. The van der Waals surface area contributed by atoms with Crippen LogP contribution in [0.2, 0.25) is 5.02 Å². The van der Waals surface area contributed by atoms with E-state index in [1.165, 1.54) is 11.3 Å². The Kier molecular flexibility index (Phi) is 9.14. The summed E-state index contributed by atoms with van der Waals surface area (Å²) in [6.45, 7) is 7.55. The molecule has 1 fully saturated rings. The number of amides is 3. The molecule has 0 unspecified atom stereocenters. The van der Waals surface area contributed by atoms with Crippen LogP contribution in [0, 0.1) is 5.92 Å². The lowest BCUT2D eigenvalue weighted by atomic mass is 9.81. The molecular formula is C28H36Cl2N6O3S. The summed E-state index contributed by atoms with van der Waals surface area (Å²) >= 11 is 7.53. The van der Waals surface area contributed by atoms with Crippen molar-refractivity contribution in [2.24, 2.45) is 5.92 Å². The van der Waals surface area contributed by atoms with Crippen LogP contribution in [0.5, 0.6) is 0 Å². The number of hydrogen-bond acceptors (Lipinski definition) is 6. The monoisotopic (exact) mass is 606 g/mol. The van der Waals surface area contributed by atoms with E-state index in [2.05, 4.69) is 37.9 Å². The smallest absolute Gasteiger partial charge is 0.280 e. The maximum atomic E-state index is 13.4. The maximum Gasteiger partial charge on any atom is 0.280 e. The van der Waals surface area contributed by atoms with Crippen LogP contribution in [0.1, 0.15) is 70.9 Å². The van der Waals surface area contributed by atoms with E-state index >= 15 is 0 Å². The summed E-state index contributed by atoms with van der Waals surface area (Å²) in [7, 11) is 2.06. The summed E-state index contributed by atoms with van der Waals surface area (Å²) in [6, 6.07) is 6.42. The van der Waals surface area contributed by atoms with E-state index < -0.39 is 6.04 Å². The highest BCUT2D eigenvalue weighted by Gasteiger charge is 2.37. The highest BCUT2D eigenvalue weighted by molar-refractivity contribution is 7.13. The molecule has 216 valence electrons. The highest BCUT2D eigenvalue weighted by atomic mass is 35.5. The van der Waals surface area contributed by atoms with E-state index in [0.29, 0.717) is 35.0 Å². The number of benzene rings is 1. The molecule has 0 saturated heterocycles. The Labute approximate surface area is 249 Å². The normalized spacial score (nSPS) is 21.3. The lowest BCUT2D eigenvalue weighted by molar-refractivity contribution is -0.127. The second-order valence-corrected chi connectivity index (χ2v) is 13.2. The molecule has 1 saturated carbocycles. The van der Waals surface area contributed by atoms with Crippen molar-refractivity contribution in [3.05, 3.63) is 50.6 Å². The Bertz CT molecular complexity index is 1410. The number of rotatable bonds is 5. The minimum Gasteiger partial charge on any atom is -0.351 e. The average Bonchev–Trinajstić information content (AvgIpc) is 3.47. The summed E-state index contributed by atoms with van der Waals surface area (Å²) in [5.41, 5.74) is 1.86. The standard InChI is InChI=1S/C28H35ClN6O3S.ClH/c1-28(2,3)34-24(36)15-5-7-19(31-25(37)22-13-16-11-17(29)6-8-18(16)30-22)21(12-15)32-26(38)27-33-20-9-10-35(4)14-23(20)39-27;/h6,8,11,13,15,19,21,30H,5,7,9-10,12,14H2,1-4H3,(H,31,37)(H,32,38)(H,34,36);1H/t15-,19-,21+;/m0./s1. The van der Waals surface area contributed by atoms with E-state index in [1.807, 2.05) is 26.8 Å². The Morgan fingerprint density at radius 2 is 1.85 bits per heavy atom. The highest BCUT2D eigenvalue weighted by Crippen LogP contribution is 2.29. The van der Waals surface area contributed by atoms with Crippen LogP contribution in [-0.2, 0) is 17.8 Å². The van der Waals surface area contributed by atoms with Crippen molar-refractivity contribution in [1.29, 1.82) is 0 Å². The van der Waals surface area contributed by atoms with Gasteiger partial charge in [-0.2, -0.15) is 0 Å². The first kappa shape index (κ1) is 30.3. The number of nitrogens with zero attached hydrogens (tertiary/aromatic N) is 2. The van der Waals surface area contributed by atoms with Crippen molar-refractivity contribution in [2.75, 3.05) is 13.6 Å². The van der Waals surface area contributed by atoms with Crippen molar-refractivity contribution >= 4 is 64.0 Å². The zero-order valence-corrected chi connectivity index (χ0v) is 25.5. The third kappa shape index (κ3) is 6.97. The largest absolute Gasteiger partial charge is 0.351 e. The van der Waals surface area contributed by atoms with E-state index in [4.69, 9.17) is 11.6 Å². The number of nitrogens with one attached hydrogen (secondary N) is 4. The van der Waals surface area contributed by atoms with Crippen molar-refractivity contribution in [1.82, 2.24) is 30.8 Å². The first-order valence-corrected chi connectivity index (χ1v) is 14.5. The van der Waals surface area contributed by atoms with Gasteiger partial charge in [-0.3, -0.25) is 14.4 Å². The topological polar surface area (TPSA) is 119 Å². The summed E-state index contributed by atoms with van der Waals surface area (Å²) < 4.78 is 0. The zero-order valence-electron chi connectivity index (χ0n) is 23.1. The molecule has 40 heavy (non-hydrogen) atoms. The number of halogens is 2. The van der Waals surface area contributed by atoms with Gasteiger partial charge in [0.25, 0.3) is 11.8 Å². The van der Waals surface area contributed by atoms with Crippen LogP contribution in [0.15, 0.2) is 24.3 Å². The van der Waals surface area contributed by atoms with Gasteiger partial charge in [-0.25, -0.2) is 4.98 Å². The van der Waals surface area contributed by atoms with Gasteiger partial charge in [0.1, 0.15) is 5.69 Å². The van der Waals surface area contributed by atoms with E-state index in [-0.39, 0.29) is 47.6 Å². The first-order valence-electron chi connectivity index (χ1n) is 13.3. The third-order valence-electron chi connectivity index (χ3n) is 7.30. The molecule has 3 amide bonds. The van der Waals surface area contributed by atoms with Crippen LogP contribution in [0.4, 0.5) is 0 Å². The molecule has 2 aromatic heterocycles. The van der Waals surface area contributed by atoms with Crippen LogP contribution >= 0.6 is 35.3 Å². The molecule has 1 aromatic carbocycles. The summed E-state index contributed by atoms with van der Waals surface area (Å²) in [5.74, 6) is -0.835. The van der Waals surface area contributed by atoms with Gasteiger partial charge in [0, 0.05) is 57.8 Å². The predicted octanol–water partition coefficient (Wildman–Crippen LogP) is 4.30. The van der Waals surface area contributed by atoms with E-state index in [1.54, 1.807) is 18.2 Å². The second kappa shape index (κ2) is 12.1. The summed E-state index contributed by atoms with van der Waals surface area (Å²) in [5, 5.41) is 11.2. The molecule has 2 aliphatic rings. The van der Waals surface area contributed by atoms with Crippen LogP contribution in [0.3, 0.4) is 0 Å². The van der Waals surface area contributed by atoms with Gasteiger partial charge in [0.15, 0.2) is 5.01 Å². The van der Waals surface area contributed by atoms with Crippen molar-refractivity contribution in [3.8, 4) is 0 Å². The molecule has 1 aliphatic carbocycles. The van der Waals surface area contributed by atoms with E-state index in [0.717, 1.165) is 41.0 Å². The molecule has 3 atom stereocenters. The molecule has 3 heterocycles. The maximum absolute atomic E-state index is 13.4. The number of carbonyl (C=O) groups excluding carboxylic acids is 3. The van der Waals surface area contributed by atoms with Gasteiger partial charge < -0.3 is 25.8 Å². The van der Waals surface area contributed by atoms with Crippen LogP contribution in [-0.4, -0.2) is 63.8 Å². The Morgan fingerprint density at radius 3 is 2.60 bits per heavy atom. The minimum atomic E-state index is -0.423. The number of hydrogen-bond donors (Lipinski definition) is 4. The molecule has 9 nitrogen and oxygen atoms in total. The number of H-pyrrole nitrogens is 1. The van der Waals surface area contributed by atoms with Crippen molar-refractivity contribution in [3.63, 3.8) is 0 Å². The average molecular weight is 608 g/mol. The molecule has 4 N–H and O–H groups in total. The number of likely N-dealkylation sites (N-methyl/N-ethyl adjacent to an activating group) is 1. The van der Waals surface area contributed by atoms with Gasteiger partial charge >= 0.3 is 0 Å². The lowest BCUT2D eigenvalue weighted by Crippen LogP contribution is -2.56. The fraction of sp³-hybridized carbons (Fsp3) is 0.500. The second-order valence-electron chi connectivity index (χ2n) is 11.7. The number of carbonyl (C=O) groups is 3. The SMILES string of the molecule is CN1CCc2nc(C(=O)N[C@@H]3C[C@@H](C(=O)NC(C)(C)C)CC[C@@H]3NC(=O)c3cc4cc(Cl)ccc4[nH]3)sc2C1.Cl. The zero-order chi connectivity index (χ0) is 27.9. The fourth-order valence-corrected chi connectivity index (χ4v) is 6.61. The Balaban J connectivity index is 0.00000370. The van der Waals surface area contributed by atoms with Crippen molar-refractivity contribution in [2.45, 2.75) is 70.6 Å². The number of thiazole rings is 1. The number of aromatic nitrogens is 2. The quantitative estimate of drug-likeness (QED) is 0.345. The molecule has 12 heteroatoms. The Morgan fingerprint density at radius 1 is 1.10 bits per heavy atom. The number of aromatic amines is 1. The fourth-order valence-electron chi connectivity index (χ4n) is 5.34. The number of fused-ring (bicyclic) bond motifs is 2. The first-order chi connectivity index (χ1) is 18.4. The predicted molar refractivity (Wildman–Crippen MR) is 160 cm³/mol. The molecule has 1 aliphatic heterocycles. The molecule has 0 bridgehead atoms. The van der Waals surface area contributed by atoms with E-state index in [9.17, 15) is 14.4 Å². The molecule has 0 spiro atoms. The van der Waals surface area contributed by atoms with Crippen LogP contribution < -0.4 is 16.0 Å². The third-order valence-corrected chi connectivity index (χ3v) is 8.61. The van der Waals surface area contributed by atoms with Crippen LogP contribution in [0.25, 0.3) is 10.9 Å². The van der Waals surface area contributed by atoms with Gasteiger partial charge in [-0.05, 0) is 71.3 Å². The summed E-state index contributed by atoms with van der Waals surface area (Å²) in [6.07, 6.45) is 2.42. The lowest BCUT2D eigenvalue weighted by Gasteiger charge is -2.37. The molecule has 0 radical (unpaired) electrons. The van der Waals surface area contributed by atoms with Crippen molar-refractivity contribution < 1.29 is 14.4 Å². The molecular weight excluding hydrogens is 571 g/mol. The Hall–Kier alpha value is -2.66. The van der Waals surface area contributed by atoms with Gasteiger partial charge in [-0.1, -0.05) is 11.6 Å². The molecule has 3 aromatic rings. The minimum absolute atomic E-state index is 0.